The molecule has 7 nitrogen and oxygen atoms in total. The Morgan fingerprint density at radius 3 is 2.69 bits per heavy atom. The largest absolute Gasteiger partial charge is 0.494 e. The summed E-state index contributed by atoms with van der Waals surface area (Å²) in [6, 6.07) is 19.6. The number of aromatic nitrogens is 1. The lowest BCUT2D eigenvalue weighted by atomic mass is 10.1. The summed E-state index contributed by atoms with van der Waals surface area (Å²) in [5.41, 5.74) is 2.51. The van der Waals surface area contributed by atoms with Crippen molar-refractivity contribution in [3.05, 3.63) is 60.7 Å². The van der Waals surface area contributed by atoms with E-state index in [9.17, 15) is 9.59 Å². The molecule has 0 fully saturated rings. The Balaban J connectivity index is 1.31. The van der Waals surface area contributed by atoms with Gasteiger partial charge in [-0.1, -0.05) is 24.3 Å². The van der Waals surface area contributed by atoms with Crippen LogP contribution in [0.1, 0.15) is 19.8 Å². The second-order valence-corrected chi connectivity index (χ2v) is 7.24. The molecule has 0 saturated carbocycles. The maximum atomic E-state index is 11.8. The van der Waals surface area contributed by atoms with Crippen LogP contribution in [0.5, 0.6) is 5.75 Å². The first-order chi connectivity index (χ1) is 15.6. The minimum absolute atomic E-state index is 0.107. The van der Waals surface area contributed by atoms with E-state index in [0.29, 0.717) is 25.5 Å². The predicted molar refractivity (Wildman–Crippen MR) is 121 cm³/mol. The molecule has 3 aromatic carbocycles. The average molecular weight is 432 g/mol. The van der Waals surface area contributed by atoms with Crippen LogP contribution in [0.15, 0.2) is 65.1 Å². The molecular weight excluding hydrogens is 408 g/mol. The summed E-state index contributed by atoms with van der Waals surface area (Å²) in [5, 5.41) is 4.62. The summed E-state index contributed by atoms with van der Waals surface area (Å²) >= 11 is 0. The molecule has 0 spiro atoms. The van der Waals surface area contributed by atoms with Gasteiger partial charge in [0.25, 0.3) is 0 Å². The molecule has 164 valence electrons. The number of carbonyl (C=O) groups is 2. The molecule has 0 unspecified atom stereocenters. The molecule has 1 heterocycles. The number of hydrogen-bond donors (Lipinski definition) is 1. The summed E-state index contributed by atoms with van der Waals surface area (Å²) in [4.78, 5) is 27.6. The van der Waals surface area contributed by atoms with Crippen LogP contribution < -0.4 is 10.1 Å². The summed E-state index contributed by atoms with van der Waals surface area (Å²) < 4.78 is 16.4. The zero-order chi connectivity index (χ0) is 22.3. The van der Waals surface area contributed by atoms with E-state index in [-0.39, 0.29) is 18.9 Å². The van der Waals surface area contributed by atoms with E-state index in [1.54, 1.807) is 6.92 Å². The van der Waals surface area contributed by atoms with E-state index in [0.717, 1.165) is 33.2 Å². The van der Waals surface area contributed by atoms with Crippen molar-refractivity contribution in [3.8, 4) is 17.2 Å². The fourth-order valence-corrected chi connectivity index (χ4v) is 3.34. The fraction of sp³-hybridized carbons (Fsp3) is 0.240. The van der Waals surface area contributed by atoms with Gasteiger partial charge >= 0.3 is 5.97 Å². The van der Waals surface area contributed by atoms with Crippen LogP contribution in [0.4, 0.5) is 0 Å². The second kappa shape index (κ2) is 9.96. The number of nitrogens with zero attached hydrogens (tertiary/aromatic N) is 1. The highest BCUT2D eigenvalue weighted by molar-refractivity contribution is 5.88. The smallest absolute Gasteiger partial charge is 0.325 e. The molecule has 1 amide bonds. The highest BCUT2D eigenvalue weighted by Gasteiger charge is 2.09. The van der Waals surface area contributed by atoms with Gasteiger partial charge in [-0.2, -0.15) is 0 Å². The number of benzene rings is 3. The number of rotatable bonds is 9. The Morgan fingerprint density at radius 1 is 1.03 bits per heavy atom. The van der Waals surface area contributed by atoms with Gasteiger partial charge in [0, 0.05) is 12.0 Å². The van der Waals surface area contributed by atoms with Gasteiger partial charge in [0.05, 0.1) is 13.2 Å². The molecule has 0 saturated heterocycles. The summed E-state index contributed by atoms with van der Waals surface area (Å²) in [5.74, 6) is 0.688. The van der Waals surface area contributed by atoms with Gasteiger partial charge in [-0.25, -0.2) is 4.98 Å². The Hall–Kier alpha value is -3.87. The first-order valence-electron chi connectivity index (χ1n) is 10.6. The number of esters is 1. The van der Waals surface area contributed by atoms with E-state index in [4.69, 9.17) is 13.9 Å². The third-order valence-corrected chi connectivity index (χ3v) is 4.90. The molecule has 4 rings (SSSR count). The van der Waals surface area contributed by atoms with E-state index in [1.165, 1.54) is 0 Å². The van der Waals surface area contributed by atoms with Crippen LogP contribution in [0.25, 0.3) is 33.3 Å². The molecule has 0 radical (unpaired) electrons. The van der Waals surface area contributed by atoms with Crippen molar-refractivity contribution in [1.82, 2.24) is 10.3 Å². The number of hydrogen-bond acceptors (Lipinski definition) is 6. The maximum Gasteiger partial charge on any atom is 0.325 e. The van der Waals surface area contributed by atoms with Crippen molar-refractivity contribution in [3.63, 3.8) is 0 Å². The minimum Gasteiger partial charge on any atom is -0.494 e. The molecule has 7 heteroatoms. The zero-order valence-corrected chi connectivity index (χ0v) is 17.8. The predicted octanol–water partition coefficient (Wildman–Crippen LogP) is 4.49. The molecule has 0 bridgehead atoms. The van der Waals surface area contributed by atoms with Gasteiger partial charge in [-0.3, -0.25) is 9.59 Å². The van der Waals surface area contributed by atoms with Crippen LogP contribution in [-0.4, -0.2) is 36.6 Å². The lowest BCUT2D eigenvalue weighted by Gasteiger charge is -2.08. The number of amides is 1. The third kappa shape index (κ3) is 5.24. The molecule has 32 heavy (non-hydrogen) atoms. The first kappa shape index (κ1) is 21.4. The lowest BCUT2D eigenvalue weighted by molar-refractivity contribution is -0.143. The normalized spacial score (nSPS) is 10.9. The van der Waals surface area contributed by atoms with Crippen molar-refractivity contribution in [2.24, 2.45) is 0 Å². The van der Waals surface area contributed by atoms with Crippen molar-refractivity contribution in [1.29, 1.82) is 0 Å². The van der Waals surface area contributed by atoms with Gasteiger partial charge in [-0.15, -0.1) is 0 Å². The molecular formula is C25H24N2O5. The van der Waals surface area contributed by atoms with Gasteiger partial charge in [0.15, 0.2) is 5.58 Å². The molecule has 0 aliphatic rings. The van der Waals surface area contributed by atoms with E-state index < -0.39 is 5.97 Å². The molecule has 0 aliphatic carbocycles. The number of ether oxygens (including phenoxy) is 2. The van der Waals surface area contributed by atoms with Crippen LogP contribution in [-0.2, 0) is 14.3 Å². The van der Waals surface area contributed by atoms with Gasteiger partial charge in [0.2, 0.25) is 11.8 Å². The number of nitrogens with one attached hydrogen (secondary N) is 1. The van der Waals surface area contributed by atoms with Crippen molar-refractivity contribution >= 4 is 33.7 Å². The third-order valence-electron chi connectivity index (χ3n) is 4.90. The van der Waals surface area contributed by atoms with E-state index in [2.05, 4.69) is 10.3 Å². The quantitative estimate of drug-likeness (QED) is 0.310. The second-order valence-electron chi connectivity index (χ2n) is 7.24. The molecule has 0 aliphatic heterocycles. The molecule has 4 aromatic rings. The van der Waals surface area contributed by atoms with Crippen molar-refractivity contribution < 1.29 is 23.5 Å². The minimum atomic E-state index is -0.437. The summed E-state index contributed by atoms with van der Waals surface area (Å²) in [6.07, 6.45) is 0.824. The maximum absolute atomic E-state index is 11.8. The van der Waals surface area contributed by atoms with Crippen LogP contribution in [0, 0.1) is 0 Å². The van der Waals surface area contributed by atoms with Crippen LogP contribution in [0.2, 0.25) is 0 Å². The highest BCUT2D eigenvalue weighted by Crippen LogP contribution is 2.29. The van der Waals surface area contributed by atoms with E-state index >= 15 is 0 Å². The van der Waals surface area contributed by atoms with Gasteiger partial charge < -0.3 is 19.2 Å². The number of carbonyl (C=O) groups excluding carboxylic acids is 2. The molecule has 1 aromatic heterocycles. The lowest BCUT2D eigenvalue weighted by Crippen LogP contribution is -2.30. The SMILES string of the molecule is CCOC(=O)CNC(=O)CCCOc1ccc2cc(-c3nc4ccccc4o3)ccc2c1. The molecule has 0 atom stereocenters. The Labute approximate surface area is 185 Å². The first-order valence-corrected chi connectivity index (χ1v) is 10.6. The molecule has 1 N–H and O–H groups in total. The number of fused-ring (bicyclic) bond motifs is 2. The van der Waals surface area contributed by atoms with Crippen LogP contribution >= 0.6 is 0 Å². The number of para-hydroxylation sites is 2. The number of oxazole rings is 1. The summed E-state index contributed by atoms with van der Waals surface area (Å²) in [6.45, 7) is 2.32. The topological polar surface area (TPSA) is 90.7 Å². The standard InChI is InChI=1S/C25H24N2O5/c1-2-30-24(29)16-26-23(28)8-5-13-31-20-12-11-17-14-19(10-9-18(17)15-20)25-27-21-6-3-4-7-22(21)32-25/h3-4,6-7,9-12,14-15H,2,5,8,13,16H2,1H3,(H,26,28). The summed E-state index contributed by atoms with van der Waals surface area (Å²) in [7, 11) is 0. The Kier molecular flexibility index (Phi) is 6.65. The zero-order valence-electron chi connectivity index (χ0n) is 17.8. The van der Waals surface area contributed by atoms with Gasteiger partial charge in [0.1, 0.15) is 17.8 Å². The van der Waals surface area contributed by atoms with Crippen molar-refractivity contribution in [2.45, 2.75) is 19.8 Å². The Morgan fingerprint density at radius 2 is 1.84 bits per heavy atom. The van der Waals surface area contributed by atoms with E-state index in [1.807, 2.05) is 60.7 Å². The monoisotopic (exact) mass is 432 g/mol. The fourth-order valence-electron chi connectivity index (χ4n) is 3.34. The van der Waals surface area contributed by atoms with Crippen molar-refractivity contribution in [2.75, 3.05) is 19.8 Å². The average Bonchev–Trinajstić information content (AvgIpc) is 3.25. The Bertz CT molecular complexity index is 1210. The van der Waals surface area contributed by atoms with Crippen LogP contribution in [0.3, 0.4) is 0 Å². The van der Waals surface area contributed by atoms with Gasteiger partial charge in [-0.05, 0) is 60.5 Å². The highest BCUT2D eigenvalue weighted by atomic mass is 16.5.